The molecular formula is C13H27NO5S2. The number of Topliss-reactive ketones (excluding diaryl/α,β-unsaturated/α-hetero) is 1. The van der Waals surface area contributed by atoms with Crippen molar-refractivity contribution in [1.82, 2.24) is 4.90 Å². The number of carbonyl (C=O) groups is 1. The van der Waals surface area contributed by atoms with E-state index in [2.05, 4.69) is 12.6 Å². The standard InChI is InChI=1S/C13H27NO5S2/c1-2-10(16)5-14(3-4-15)6-11(17)8-21-9-13(19)12(18)7-20/h11-13,15,17-20H,2-9H2,1H3. The second-order valence-corrected chi connectivity index (χ2v) is 6.30. The van der Waals surface area contributed by atoms with Gasteiger partial charge in [-0.2, -0.15) is 24.4 Å². The molecule has 3 unspecified atom stereocenters. The smallest absolute Gasteiger partial charge is 0.146 e. The van der Waals surface area contributed by atoms with E-state index in [4.69, 9.17) is 5.11 Å². The Hall–Kier alpha value is 0.170. The van der Waals surface area contributed by atoms with E-state index in [1.807, 2.05) is 0 Å². The van der Waals surface area contributed by atoms with Gasteiger partial charge in [0.2, 0.25) is 0 Å². The Morgan fingerprint density at radius 2 is 1.90 bits per heavy atom. The summed E-state index contributed by atoms with van der Waals surface area (Å²) in [5, 5.41) is 37.8. The summed E-state index contributed by atoms with van der Waals surface area (Å²) >= 11 is 5.23. The molecular weight excluding hydrogens is 314 g/mol. The topological polar surface area (TPSA) is 101 Å². The predicted molar refractivity (Wildman–Crippen MR) is 88.0 cm³/mol. The number of rotatable bonds is 13. The first-order valence-corrected chi connectivity index (χ1v) is 8.80. The zero-order valence-electron chi connectivity index (χ0n) is 12.4. The Bertz CT molecular complexity index is 283. The lowest BCUT2D eigenvalue weighted by Gasteiger charge is -2.23. The van der Waals surface area contributed by atoms with Gasteiger partial charge in [0.15, 0.2) is 0 Å². The molecule has 0 amide bonds. The molecule has 0 spiro atoms. The highest BCUT2D eigenvalue weighted by molar-refractivity contribution is 7.99. The third-order valence-electron chi connectivity index (χ3n) is 2.91. The number of ketones is 1. The van der Waals surface area contributed by atoms with E-state index >= 15 is 0 Å². The molecule has 0 aliphatic carbocycles. The molecule has 0 saturated carbocycles. The van der Waals surface area contributed by atoms with Crippen LogP contribution in [0.1, 0.15) is 13.3 Å². The van der Waals surface area contributed by atoms with Crippen molar-refractivity contribution in [2.45, 2.75) is 31.7 Å². The maximum absolute atomic E-state index is 11.4. The number of hydrogen-bond acceptors (Lipinski definition) is 8. The fourth-order valence-corrected chi connectivity index (χ4v) is 2.87. The summed E-state index contributed by atoms with van der Waals surface area (Å²) in [6, 6.07) is 0. The van der Waals surface area contributed by atoms with Crippen molar-refractivity contribution in [3.05, 3.63) is 0 Å². The summed E-state index contributed by atoms with van der Waals surface area (Å²) in [5.41, 5.74) is 0. The van der Waals surface area contributed by atoms with Crippen LogP contribution in [-0.2, 0) is 4.79 Å². The summed E-state index contributed by atoms with van der Waals surface area (Å²) in [4.78, 5) is 13.1. The molecule has 0 radical (unpaired) electrons. The second-order valence-electron chi connectivity index (χ2n) is 4.86. The lowest BCUT2D eigenvalue weighted by Crippen LogP contribution is -2.39. The van der Waals surface area contributed by atoms with Crippen LogP contribution in [0.15, 0.2) is 0 Å². The zero-order chi connectivity index (χ0) is 16.3. The molecule has 0 aromatic rings. The highest BCUT2D eigenvalue weighted by Crippen LogP contribution is 2.10. The maximum atomic E-state index is 11.4. The van der Waals surface area contributed by atoms with Gasteiger partial charge in [-0.3, -0.25) is 9.69 Å². The largest absolute Gasteiger partial charge is 0.395 e. The minimum Gasteiger partial charge on any atom is -0.395 e. The van der Waals surface area contributed by atoms with Crippen LogP contribution < -0.4 is 0 Å². The van der Waals surface area contributed by atoms with Crippen molar-refractivity contribution in [3.8, 4) is 0 Å². The molecule has 0 heterocycles. The molecule has 0 aliphatic rings. The van der Waals surface area contributed by atoms with E-state index in [9.17, 15) is 20.1 Å². The minimum absolute atomic E-state index is 0.0654. The zero-order valence-corrected chi connectivity index (χ0v) is 14.1. The monoisotopic (exact) mass is 341 g/mol. The molecule has 0 fully saturated rings. The molecule has 0 aromatic carbocycles. The van der Waals surface area contributed by atoms with Crippen molar-refractivity contribution in [1.29, 1.82) is 0 Å². The van der Waals surface area contributed by atoms with Gasteiger partial charge in [-0.25, -0.2) is 0 Å². The van der Waals surface area contributed by atoms with Crippen LogP contribution in [0, 0.1) is 0 Å². The molecule has 0 rings (SSSR count). The van der Waals surface area contributed by atoms with E-state index in [-0.39, 0.29) is 24.7 Å². The Balaban J connectivity index is 4.02. The van der Waals surface area contributed by atoms with Crippen molar-refractivity contribution >= 4 is 30.2 Å². The Kier molecular flexibility index (Phi) is 12.8. The maximum Gasteiger partial charge on any atom is 0.146 e. The lowest BCUT2D eigenvalue weighted by atomic mass is 10.2. The third kappa shape index (κ3) is 10.5. The highest BCUT2D eigenvalue weighted by atomic mass is 32.2. The van der Waals surface area contributed by atoms with Gasteiger partial charge < -0.3 is 20.4 Å². The van der Waals surface area contributed by atoms with Crippen molar-refractivity contribution in [2.75, 3.05) is 43.5 Å². The number of thioether (sulfide) groups is 1. The third-order valence-corrected chi connectivity index (χ3v) is 4.48. The van der Waals surface area contributed by atoms with Gasteiger partial charge in [0.1, 0.15) is 5.78 Å². The lowest BCUT2D eigenvalue weighted by molar-refractivity contribution is -0.120. The molecule has 21 heavy (non-hydrogen) atoms. The van der Waals surface area contributed by atoms with E-state index in [0.717, 1.165) is 0 Å². The fraction of sp³-hybridized carbons (Fsp3) is 0.923. The second kappa shape index (κ2) is 12.7. The van der Waals surface area contributed by atoms with Crippen molar-refractivity contribution in [3.63, 3.8) is 0 Å². The molecule has 3 atom stereocenters. The van der Waals surface area contributed by atoms with Crippen LogP contribution in [0.25, 0.3) is 0 Å². The number of nitrogens with zero attached hydrogens (tertiary/aromatic N) is 1. The fourth-order valence-electron chi connectivity index (χ4n) is 1.65. The minimum atomic E-state index is -0.869. The summed E-state index contributed by atoms with van der Waals surface area (Å²) in [6.45, 7) is 2.57. The number of hydrogen-bond donors (Lipinski definition) is 5. The van der Waals surface area contributed by atoms with E-state index in [1.54, 1.807) is 11.8 Å². The number of aliphatic hydroxyl groups excluding tert-OH is 4. The molecule has 0 aromatic heterocycles. The Morgan fingerprint density at radius 1 is 1.24 bits per heavy atom. The Morgan fingerprint density at radius 3 is 2.43 bits per heavy atom. The molecule has 0 bridgehead atoms. The molecule has 8 heteroatoms. The van der Waals surface area contributed by atoms with Gasteiger partial charge in [-0.05, 0) is 0 Å². The molecule has 4 N–H and O–H groups in total. The average Bonchev–Trinajstić information content (AvgIpc) is 2.46. The van der Waals surface area contributed by atoms with E-state index in [1.165, 1.54) is 11.8 Å². The van der Waals surface area contributed by atoms with Crippen LogP contribution in [0.5, 0.6) is 0 Å². The van der Waals surface area contributed by atoms with Gasteiger partial charge in [0.05, 0.1) is 31.5 Å². The van der Waals surface area contributed by atoms with Crippen LogP contribution >= 0.6 is 24.4 Å². The van der Waals surface area contributed by atoms with E-state index in [0.29, 0.717) is 31.0 Å². The number of carbonyl (C=O) groups excluding carboxylic acids is 1. The van der Waals surface area contributed by atoms with Gasteiger partial charge in [-0.1, -0.05) is 6.92 Å². The van der Waals surface area contributed by atoms with Gasteiger partial charge in [0.25, 0.3) is 0 Å². The molecule has 126 valence electrons. The van der Waals surface area contributed by atoms with E-state index < -0.39 is 18.3 Å². The van der Waals surface area contributed by atoms with Gasteiger partial charge >= 0.3 is 0 Å². The first-order valence-electron chi connectivity index (χ1n) is 7.02. The summed E-state index contributed by atoms with van der Waals surface area (Å²) in [7, 11) is 0. The summed E-state index contributed by atoms with van der Waals surface area (Å²) in [5.74, 6) is 0.953. The van der Waals surface area contributed by atoms with Crippen LogP contribution in [0.2, 0.25) is 0 Å². The first-order chi connectivity index (χ1) is 9.94. The van der Waals surface area contributed by atoms with Gasteiger partial charge in [-0.15, -0.1) is 0 Å². The molecule has 0 saturated heterocycles. The summed E-state index contributed by atoms with van der Waals surface area (Å²) < 4.78 is 0. The molecule has 0 aliphatic heterocycles. The molecule has 6 nitrogen and oxygen atoms in total. The normalized spacial score (nSPS) is 16.0. The highest BCUT2D eigenvalue weighted by Gasteiger charge is 2.17. The van der Waals surface area contributed by atoms with Crippen LogP contribution in [0.4, 0.5) is 0 Å². The van der Waals surface area contributed by atoms with Crippen molar-refractivity contribution in [2.24, 2.45) is 0 Å². The van der Waals surface area contributed by atoms with Crippen LogP contribution in [-0.4, -0.2) is 92.9 Å². The number of aliphatic hydroxyl groups is 4. The summed E-state index contributed by atoms with van der Waals surface area (Å²) in [6.07, 6.45) is -1.96. The average molecular weight is 341 g/mol. The SMILES string of the molecule is CCC(=O)CN(CCO)CC(O)CSCC(O)C(O)CS. The first kappa shape index (κ1) is 21.2. The quantitative estimate of drug-likeness (QED) is 0.274. The predicted octanol–water partition coefficient (Wildman–Crippen LogP) is -0.994. The van der Waals surface area contributed by atoms with Gasteiger partial charge in [0, 0.05) is 36.8 Å². The van der Waals surface area contributed by atoms with Crippen LogP contribution in [0.3, 0.4) is 0 Å². The number of thiol groups is 1. The van der Waals surface area contributed by atoms with Crippen molar-refractivity contribution < 1.29 is 25.2 Å². The Labute approximate surface area is 135 Å².